The maximum Gasteiger partial charge on any atom is 0.263 e. The molecule has 0 aliphatic carbocycles. The Morgan fingerprint density at radius 1 is 1.64 bits per heavy atom. The minimum Gasteiger partial charge on any atom is -0.338 e. The summed E-state index contributed by atoms with van der Waals surface area (Å²) in [6.07, 6.45) is 1.12. The van der Waals surface area contributed by atoms with Crippen LogP contribution in [-0.4, -0.2) is 23.9 Å². The minimum absolute atomic E-state index is 0.131. The molecule has 2 rings (SSSR count). The van der Waals surface area contributed by atoms with Crippen molar-refractivity contribution in [2.24, 2.45) is 5.92 Å². The van der Waals surface area contributed by atoms with E-state index in [0.29, 0.717) is 10.3 Å². The first-order chi connectivity index (χ1) is 6.66. The Kier molecular flexibility index (Phi) is 2.79. The van der Waals surface area contributed by atoms with Crippen molar-refractivity contribution < 1.29 is 4.79 Å². The molecule has 1 unspecified atom stereocenters. The number of likely N-dealkylation sites (tertiary alicyclic amines) is 1. The van der Waals surface area contributed by atoms with Crippen molar-refractivity contribution in [3.63, 3.8) is 0 Å². The van der Waals surface area contributed by atoms with Crippen LogP contribution >= 0.6 is 22.9 Å². The molecule has 0 radical (unpaired) electrons. The summed E-state index contributed by atoms with van der Waals surface area (Å²) in [6.45, 7) is 3.94. The van der Waals surface area contributed by atoms with E-state index in [1.54, 1.807) is 12.1 Å². The maximum absolute atomic E-state index is 11.9. The van der Waals surface area contributed by atoms with E-state index in [9.17, 15) is 4.79 Å². The van der Waals surface area contributed by atoms with Gasteiger partial charge in [-0.2, -0.15) is 0 Å². The average molecular weight is 230 g/mol. The second kappa shape index (κ2) is 3.91. The number of carbonyl (C=O) groups excluding carboxylic acids is 1. The summed E-state index contributed by atoms with van der Waals surface area (Å²) < 4.78 is 0.681. The van der Waals surface area contributed by atoms with Crippen molar-refractivity contribution in [2.45, 2.75) is 13.3 Å². The summed E-state index contributed by atoms with van der Waals surface area (Å²) in [5, 5.41) is 0. The predicted octanol–water partition coefficient (Wildman–Crippen LogP) is 2.88. The largest absolute Gasteiger partial charge is 0.338 e. The summed E-state index contributed by atoms with van der Waals surface area (Å²) in [5.41, 5.74) is 0. The van der Waals surface area contributed by atoms with E-state index < -0.39 is 0 Å². The van der Waals surface area contributed by atoms with Gasteiger partial charge < -0.3 is 4.90 Å². The number of amides is 1. The molecule has 1 atom stereocenters. The third-order valence-corrected chi connectivity index (χ3v) is 3.71. The molecular weight excluding hydrogens is 218 g/mol. The van der Waals surface area contributed by atoms with Gasteiger partial charge in [0.05, 0.1) is 9.21 Å². The maximum atomic E-state index is 11.9. The summed E-state index contributed by atoms with van der Waals surface area (Å²) in [5.74, 6) is 0.764. The van der Waals surface area contributed by atoms with E-state index in [0.717, 1.165) is 24.4 Å². The molecule has 1 saturated heterocycles. The van der Waals surface area contributed by atoms with Crippen LogP contribution in [0.1, 0.15) is 23.0 Å². The van der Waals surface area contributed by atoms with Gasteiger partial charge in [0.1, 0.15) is 0 Å². The highest BCUT2D eigenvalue weighted by Gasteiger charge is 2.24. The van der Waals surface area contributed by atoms with Crippen molar-refractivity contribution in [1.82, 2.24) is 4.90 Å². The van der Waals surface area contributed by atoms with Crippen LogP contribution in [0, 0.1) is 5.92 Å². The summed E-state index contributed by atoms with van der Waals surface area (Å²) >= 11 is 7.15. The first kappa shape index (κ1) is 9.99. The van der Waals surface area contributed by atoms with Crippen LogP contribution in [0.25, 0.3) is 0 Å². The molecule has 1 aromatic heterocycles. The van der Waals surface area contributed by atoms with Crippen LogP contribution in [0.3, 0.4) is 0 Å². The van der Waals surface area contributed by atoms with Gasteiger partial charge in [-0.3, -0.25) is 4.79 Å². The highest BCUT2D eigenvalue weighted by atomic mass is 35.5. The third kappa shape index (κ3) is 1.93. The molecule has 1 aliphatic heterocycles. The van der Waals surface area contributed by atoms with E-state index >= 15 is 0 Å². The van der Waals surface area contributed by atoms with E-state index in [-0.39, 0.29) is 5.91 Å². The fourth-order valence-electron chi connectivity index (χ4n) is 1.70. The number of carbonyl (C=O) groups is 1. The van der Waals surface area contributed by atoms with Crippen molar-refractivity contribution in [3.05, 3.63) is 21.3 Å². The molecule has 0 saturated carbocycles. The summed E-state index contributed by atoms with van der Waals surface area (Å²) in [4.78, 5) is 14.5. The molecule has 1 amide bonds. The second-order valence-corrected chi connectivity index (χ2v) is 5.46. The van der Waals surface area contributed by atoms with Crippen LogP contribution < -0.4 is 0 Å². The Balaban J connectivity index is 2.09. The van der Waals surface area contributed by atoms with Gasteiger partial charge in [-0.15, -0.1) is 11.3 Å². The van der Waals surface area contributed by atoms with E-state index in [4.69, 9.17) is 11.6 Å². The van der Waals surface area contributed by atoms with Crippen LogP contribution in [0.15, 0.2) is 12.1 Å². The zero-order valence-electron chi connectivity index (χ0n) is 8.00. The van der Waals surface area contributed by atoms with Gasteiger partial charge in [0.15, 0.2) is 0 Å². The molecule has 1 aliphatic rings. The fraction of sp³-hybridized carbons (Fsp3) is 0.500. The standard InChI is InChI=1S/C10H12ClNOS/c1-7-4-5-12(6-7)10(13)8-2-3-9(11)14-8/h2-3,7H,4-6H2,1H3. The number of nitrogens with zero attached hydrogens (tertiary/aromatic N) is 1. The zero-order valence-corrected chi connectivity index (χ0v) is 9.57. The SMILES string of the molecule is CC1CCN(C(=O)c2ccc(Cl)s2)C1. The molecule has 2 nitrogen and oxygen atoms in total. The molecule has 1 fully saturated rings. The summed E-state index contributed by atoms with van der Waals surface area (Å²) in [6, 6.07) is 3.58. The Labute approximate surface area is 92.5 Å². The minimum atomic E-state index is 0.131. The smallest absolute Gasteiger partial charge is 0.263 e. The average Bonchev–Trinajstić information content (AvgIpc) is 2.73. The van der Waals surface area contributed by atoms with Crippen LogP contribution in [0.2, 0.25) is 4.34 Å². The van der Waals surface area contributed by atoms with Crippen LogP contribution in [0.5, 0.6) is 0 Å². The second-order valence-electron chi connectivity index (χ2n) is 3.75. The third-order valence-electron chi connectivity index (χ3n) is 2.50. The first-order valence-corrected chi connectivity index (χ1v) is 5.91. The van der Waals surface area contributed by atoms with E-state index in [1.807, 2.05) is 4.90 Å². The highest BCUT2D eigenvalue weighted by molar-refractivity contribution is 7.17. The molecule has 0 bridgehead atoms. The lowest BCUT2D eigenvalue weighted by atomic mass is 10.2. The van der Waals surface area contributed by atoms with Gasteiger partial charge in [-0.1, -0.05) is 18.5 Å². The molecule has 0 spiro atoms. The quantitative estimate of drug-likeness (QED) is 0.725. The summed E-state index contributed by atoms with van der Waals surface area (Å²) in [7, 11) is 0. The fourth-order valence-corrected chi connectivity index (χ4v) is 2.72. The molecule has 2 heterocycles. The lowest BCUT2D eigenvalue weighted by Gasteiger charge is -2.14. The zero-order chi connectivity index (χ0) is 10.1. The van der Waals surface area contributed by atoms with Crippen molar-refractivity contribution in [2.75, 3.05) is 13.1 Å². The molecular formula is C10H12ClNOS. The molecule has 1 aromatic rings. The number of hydrogen-bond acceptors (Lipinski definition) is 2. The molecule has 0 N–H and O–H groups in total. The number of halogens is 1. The molecule has 0 aromatic carbocycles. The lowest BCUT2D eigenvalue weighted by molar-refractivity contribution is 0.0793. The Morgan fingerprint density at radius 3 is 2.93 bits per heavy atom. The van der Waals surface area contributed by atoms with Gasteiger partial charge in [0.2, 0.25) is 0 Å². The Bertz CT molecular complexity index is 350. The number of rotatable bonds is 1. The van der Waals surface area contributed by atoms with Gasteiger partial charge in [0.25, 0.3) is 5.91 Å². The van der Waals surface area contributed by atoms with E-state index in [2.05, 4.69) is 6.92 Å². The van der Waals surface area contributed by atoms with Crippen molar-refractivity contribution in [3.8, 4) is 0 Å². The van der Waals surface area contributed by atoms with Crippen LogP contribution in [0.4, 0.5) is 0 Å². The van der Waals surface area contributed by atoms with E-state index in [1.165, 1.54) is 11.3 Å². The molecule has 4 heteroatoms. The normalized spacial score (nSPS) is 21.6. The Hall–Kier alpha value is -0.540. The highest BCUT2D eigenvalue weighted by Crippen LogP contribution is 2.25. The van der Waals surface area contributed by atoms with Gasteiger partial charge >= 0.3 is 0 Å². The monoisotopic (exact) mass is 229 g/mol. The first-order valence-electron chi connectivity index (χ1n) is 4.71. The number of thiophene rings is 1. The van der Waals surface area contributed by atoms with Gasteiger partial charge in [-0.25, -0.2) is 0 Å². The van der Waals surface area contributed by atoms with Crippen molar-refractivity contribution in [1.29, 1.82) is 0 Å². The molecule has 14 heavy (non-hydrogen) atoms. The predicted molar refractivity (Wildman–Crippen MR) is 59.0 cm³/mol. The molecule has 76 valence electrons. The Morgan fingerprint density at radius 2 is 2.43 bits per heavy atom. The van der Waals surface area contributed by atoms with Crippen molar-refractivity contribution >= 4 is 28.8 Å². The lowest BCUT2D eigenvalue weighted by Crippen LogP contribution is -2.27. The topological polar surface area (TPSA) is 20.3 Å². The van der Waals surface area contributed by atoms with Crippen LogP contribution in [-0.2, 0) is 0 Å². The number of hydrogen-bond donors (Lipinski definition) is 0. The van der Waals surface area contributed by atoms with Gasteiger partial charge in [0, 0.05) is 13.1 Å². The van der Waals surface area contributed by atoms with Gasteiger partial charge in [-0.05, 0) is 24.5 Å².